The van der Waals surface area contributed by atoms with Crippen LogP contribution < -0.4 is 4.74 Å². The van der Waals surface area contributed by atoms with Crippen LogP contribution in [-0.2, 0) is 4.79 Å². The fourth-order valence-electron chi connectivity index (χ4n) is 1.08. The van der Waals surface area contributed by atoms with Gasteiger partial charge in [-0.1, -0.05) is 35.8 Å². The number of hydrogen-bond acceptors (Lipinski definition) is 2. The number of benzene rings is 1. The number of carbonyl (C=O) groups is 1. The average molecular weight is 271 g/mol. The molecule has 2 nitrogen and oxygen atoms in total. The summed E-state index contributed by atoms with van der Waals surface area (Å²) in [6, 6.07) is 7.50. The Morgan fingerprint density at radius 2 is 2.27 bits per heavy atom. The van der Waals surface area contributed by atoms with E-state index in [2.05, 4.69) is 15.9 Å². The third-order valence-electron chi connectivity index (χ3n) is 2.34. The summed E-state index contributed by atoms with van der Waals surface area (Å²) in [5.41, 5.74) is 0. The Kier molecular flexibility index (Phi) is 4.82. The van der Waals surface area contributed by atoms with Crippen molar-refractivity contribution >= 4 is 21.7 Å². The first-order valence-corrected chi connectivity index (χ1v) is 5.84. The van der Waals surface area contributed by atoms with Gasteiger partial charge >= 0.3 is 0 Å². The quantitative estimate of drug-likeness (QED) is 0.820. The zero-order valence-corrected chi connectivity index (χ0v) is 10.6. The zero-order valence-electron chi connectivity index (χ0n) is 9.00. The van der Waals surface area contributed by atoms with Crippen LogP contribution in [0.25, 0.3) is 0 Å². The van der Waals surface area contributed by atoms with E-state index in [1.54, 1.807) is 0 Å². The maximum Gasteiger partial charge on any atom is 0.172 e. The van der Waals surface area contributed by atoms with Crippen LogP contribution in [0, 0.1) is 5.92 Å². The van der Waals surface area contributed by atoms with Gasteiger partial charge in [-0.25, -0.2) is 0 Å². The van der Waals surface area contributed by atoms with Crippen molar-refractivity contribution in [2.24, 2.45) is 5.92 Å². The van der Waals surface area contributed by atoms with E-state index in [9.17, 15) is 4.79 Å². The molecule has 0 aliphatic heterocycles. The largest absolute Gasteiger partial charge is 0.486 e. The minimum Gasteiger partial charge on any atom is -0.486 e. The molecule has 0 spiro atoms. The molecule has 1 rings (SSSR count). The van der Waals surface area contributed by atoms with Crippen molar-refractivity contribution in [3.8, 4) is 5.75 Å². The topological polar surface area (TPSA) is 26.3 Å². The van der Waals surface area contributed by atoms with Crippen LogP contribution in [0.3, 0.4) is 0 Å². The van der Waals surface area contributed by atoms with E-state index in [1.165, 1.54) is 0 Å². The van der Waals surface area contributed by atoms with Gasteiger partial charge in [0.2, 0.25) is 0 Å². The van der Waals surface area contributed by atoms with Crippen LogP contribution >= 0.6 is 15.9 Å². The lowest BCUT2D eigenvalue weighted by Crippen LogP contribution is -2.18. The van der Waals surface area contributed by atoms with Gasteiger partial charge in [0.05, 0.1) is 0 Å². The summed E-state index contributed by atoms with van der Waals surface area (Å²) < 4.78 is 6.35. The molecule has 0 aliphatic rings. The van der Waals surface area contributed by atoms with Gasteiger partial charge in [-0.15, -0.1) is 0 Å². The summed E-state index contributed by atoms with van der Waals surface area (Å²) in [6.45, 7) is 4.08. The number of ketones is 1. The maximum absolute atomic E-state index is 11.5. The predicted octanol–water partition coefficient (Wildman–Crippen LogP) is 3.44. The second kappa shape index (κ2) is 5.91. The van der Waals surface area contributed by atoms with Crippen LogP contribution in [0.1, 0.15) is 20.3 Å². The van der Waals surface area contributed by atoms with Crippen molar-refractivity contribution < 1.29 is 9.53 Å². The molecule has 0 saturated carbocycles. The van der Waals surface area contributed by atoms with Gasteiger partial charge < -0.3 is 4.74 Å². The van der Waals surface area contributed by atoms with Gasteiger partial charge in [-0.3, -0.25) is 4.79 Å². The molecular weight excluding hydrogens is 256 g/mol. The Morgan fingerprint density at radius 3 is 2.87 bits per heavy atom. The molecule has 0 N–H and O–H groups in total. The standard InChI is InChI=1S/C12H15BrO2/c1-3-9(2)12(14)8-15-11-6-4-5-10(13)7-11/h4-7,9H,3,8H2,1-2H3. The number of Topliss-reactive ketones (excluding diaryl/α,β-unsaturated/α-hetero) is 1. The van der Waals surface area contributed by atoms with Gasteiger partial charge in [0.25, 0.3) is 0 Å². The number of halogens is 1. The summed E-state index contributed by atoms with van der Waals surface area (Å²) in [7, 11) is 0. The fraction of sp³-hybridized carbons (Fsp3) is 0.417. The van der Waals surface area contributed by atoms with Crippen molar-refractivity contribution in [3.05, 3.63) is 28.7 Å². The van der Waals surface area contributed by atoms with Gasteiger partial charge in [0, 0.05) is 10.4 Å². The molecule has 1 aromatic rings. The third kappa shape index (κ3) is 4.04. The van der Waals surface area contributed by atoms with Crippen molar-refractivity contribution in [2.75, 3.05) is 6.61 Å². The van der Waals surface area contributed by atoms with Crippen molar-refractivity contribution in [1.29, 1.82) is 0 Å². The smallest absolute Gasteiger partial charge is 0.172 e. The van der Waals surface area contributed by atoms with Gasteiger partial charge in [-0.2, -0.15) is 0 Å². The Morgan fingerprint density at radius 1 is 1.53 bits per heavy atom. The van der Waals surface area contributed by atoms with Crippen LogP contribution in [-0.4, -0.2) is 12.4 Å². The zero-order chi connectivity index (χ0) is 11.3. The first-order chi connectivity index (χ1) is 7.13. The van der Waals surface area contributed by atoms with Gasteiger partial charge in [0.1, 0.15) is 12.4 Å². The molecule has 3 heteroatoms. The lowest BCUT2D eigenvalue weighted by atomic mass is 10.1. The molecular formula is C12H15BrO2. The third-order valence-corrected chi connectivity index (χ3v) is 2.83. The van der Waals surface area contributed by atoms with Crippen molar-refractivity contribution in [2.45, 2.75) is 20.3 Å². The first-order valence-electron chi connectivity index (χ1n) is 5.04. The molecule has 1 aromatic carbocycles. The van der Waals surface area contributed by atoms with E-state index in [1.807, 2.05) is 38.1 Å². The number of carbonyl (C=O) groups excluding carboxylic acids is 1. The fourth-order valence-corrected chi connectivity index (χ4v) is 1.46. The molecule has 0 amide bonds. The van der Waals surface area contributed by atoms with Crippen molar-refractivity contribution in [3.63, 3.8) is 0 Å². The summed E-state index contributed by atoms with van der Waals surface area (Å²) >= 11 is 3.35. The SMILES string of the molecule is CCC(C)C(=O)COc1cccc(Br)c1. The Labute approximate surface area is 98.8 Å². The molecule has 0 radical (unpaired) electrons. The normalized spacial score (nSPS) is 12.2. The highest BCUT2D eigenvalue weighted by molar-refractivity contribution is 9.10. The highest BCUT2D eigenvalue weighted by Crippen LogP contribution is 2.18. The number of hydrogen-bond donors (Lipinski definition) is 0. The van der Waals surface area contributed by atoms with E-state index < -0.39 is 0 Å². The molecule has 0 saturated heterocycles. The van der Waals surface area contributed by atoms with Gasteiger partial charge in [-0.05, 0) is 24.6 Å². The molecule has 1 unspecified atom stereocenters. The lowest BCUT2D eigenvalue weighted by Gasteiger charge is -2.09. The molecule has 15 heavy (non-hydrogen) atoms. The lowest BCUT2D eigenvalue weighted by molar-refractivity contribution is -0.124. The van der Waals surface area contributed by atoms with Crippen LogP contribution in [0.2, 0.25) is 0 Å². The molecule has 82 valence electrons. The van der Waals surface area contributed by atoms with E-state index >= 15 is 0 Å². The summed E-state index contributed by atoms with van der Waals surface area (Å²) in [4.78, 5) is 11.5. The molecule has 0 aliphatic carbocycles. The Balaban J connectivity index is 2.47. The Bertz CT molecular complexity index is 336. The maximum atomic E-state index is 11.5. The van der Waals surface area contributed by atoms with E-state index in [0.717, 1.165) is 16.6 Å². The number of rotatable bonds is 5. The highest BCUT2D eigenvalue weighted by Gasteiger charge is 2.10. The summed E-state index contributed by atoms with van der Waals surface area (Å²) in [5, 5.41) is 0. The second-order valence-electron chi connectivity index (χ2n) is 3.52. The van der Waals surface area contributed by atoms with Gasteiger partial charge in [0.15, 0.2) is 5.78 Å². The number of ether oxygens (including phenoxy) is 1. The van der Waals surface area contributed by atoms with E-state index in [4.69, 9.17) is 4.74 Å². The predicted molar refractivity (Wildman–Crippen MR) is 64.1 cm³/mol. The van der Waals surface area contributed by atoms with Crippen LogP contribution in [0.15, 0.2) is 28.7 Å². The minimum absolute atomic E-state index is 0.0807. The summed E-state index contributed by atoms with van der Waals surface area (Å²) in [5.74, 6) is 0.954. The Hall–Kier alpha value is -0.830. The molecule has 0 heterocycles. The minimum atomic E-state index is 0.0807. The first kappa shape index (κ1) is 12.2. The van der Waals surface area contributed by atoms with Crippen molar-refractivity contribution in [1.82, 2.24) is 0 Å². The second-order valence-corrected chi connectivity index (χ2v) is 4.44. The van der Waals surface area contributed by atoms with E-state index in [0.29, 0.717) is 0 Å². The van der Waals surface area contributed by atoms with E-state index in [-0.39, 0.29) is 18.3 Å². The molecule has 1 atom stereocenters. The monoisotopic (exact) mass is 270 g/mol. The molecule has 0 aromatic heterocycles. The van der Waals surface area contributed by atoms with Crippen LogP contribution in [0.5, 0.6) is 5.75 Å². The molecule has 0 fully saturated rings. The highest BCUT2D eigenvalue weighted by atomic mass is 79.9. The molecule has 0 bridgehead atoms. The average Bonchev–Trinajstić information content (AvgIpc) is 2.25. The van der Waals surface area contributed by atoms with Crippen LogP contribution in [0.4, 0.5) is 0 Å². The summed E-state index contributed by atoms with van der Waals surface area (Å²) in [6.07, 6.45) is 0.862.